The van der Waals surface area contributed by atoms with Gasteiger partial charge in [-0.15, -0.1) is 0 Å². The predicted molar refractivity (Wildman–Crippen MR) is 117 cm³/mol. The average Bonchev–Trinajstić information content (AvgIpc) is 3.15. The van der Waals surface area contributed by atoms with Gasteiger partial charge in [0.05, 0.1) is 13.2 Å². The van der Waals surface area contributed by atoms with E-state index in [1.54, 1.807) is 24.0 Å². The molecule has 31 heavy (non-hydrogen) atoms. The molecule has 2 N–H and O–H groups in total. The van der Waals surface area contributed by atoms with Crippen molar-refractivity contribution < 1.29 is 24.2 Å². The lowest BCUT2D eigenvalue weighted by Crippen LogP contribution is -2.41. The molecule has 0 saturated carbocycles. The van der Waals surface area contributed by atoms with Gasteiger partial charge in [-0.25, -0.2) is 4.79 Å². The highest BCUT2D eigenvalue weighted by atomic mass is 35.5. The zero-order valence-corrected chi connectivity index (χ0v) is 17.8. The van der Waals surface area contributed by atoms with Crippen LogP contribution in [-0.4, -0.2) is 53.2 Å². The Morgan fingerprint density at radius 3 is 2.77 bits per heavy atom. The van der Waals surface area contributed by atoms with E-state index >= 15 is 0 Å². The second-order valence-corrected chi connectivity index (χ2v) is 7.73. The monoisotopic (exact) mass is 442 g/mol. The van der Waals surface area contributed by atoms with Gasteiger partial charge in [0, 0.05) is 28.2 Å². The molecule has 2 unspecified atom stereocenters. The SMILES string of the molecule is CCOC(=O)N1CCc2c([nH]c3ccc(Cl)cc23)C1c1ccc(OC(C=O)CO)cc1. The Morgan fingerprint density at radius 2 is 2.10 bits per heavy atom. The van der Waals surface area contributed by atoms with E-state index in [2.05, 4.69) is 4.98 Å². The van der Waals surface area contributed by atoms with E-state index in [1.165, 1.54) is 0 Å². The molecule has 0 spiro atoms. The number of benzene rings is 2. The van der Waals surface area contributed by atoms with E-state index < -0.39 is 12.7 Å². The van der Waals surface area contributed by atoms with Gasteiger partial charge in [0.15, 0.2) is 12.4 Å². The molecule has 2 heterocycles. The maximum absolute atomic E-state index is 12.7. The van der Waals surface area contributed by atoms with Gasteiger partial charge in [0.2, 0.25) is 0 Å². The number of ether oxygens (including phenoxy) is 2. The second kappa shape index (κ2) is 8.99. The smallest absolute Gasteiger partial charge is 0.410 e. The topological polar surface area (TPSA) is 91.9 Å². The van der Waals surface area contributed by atoms with Gasteiger partial charge in [0.1, 0.15) is 11.8 Å². The van der Waals surface area contributed by atoms with E-state index in [1.807, 2.05) is 30.3 Å². The van der Waals surface area contributed by atoms with Gasteiger partial charge < -0.3 is 19.6 Å². The van der Waals surface area contributed by atoms with Gasteiger partial charge in [-0.05, 0) is 54.8 Å². The largest absolute Gasteiger partial charge is 0.481 e. The Hall–Kier alpha value is -3.03. The summed E-state index contributed by atoms with van der Waals surface area (Å²) in [5.74, 6) is 0.456. The lowest BCUT2D eigenvalue weighted by Gasteiger charge is -2.35. The standard InChI is InChI=1S/C23H23ClN2O5/c1-2-30-23(29)26-10-9-18-19-11-15(24)5-8-20(19)25-21(18)22(26)14-3-6-16(7-4-14)31-17(12-27)13-28/h3-8,11-12,17,22,25,28H,2,9-10,13H2,1H3. The molecule has 8 heteroatoms. The summed E-state index contributed by atoms with van der Waals surface area (Å²) in [6, 6.07) is 12.5. The van der Waals surface area contributed by atoms with Crippen LogP contribution in [0.3, 0.4) is 0 Å². The number of aromatic amines is 1. The fraction of sp³-hybridized carbons (Fsp3) is 0.304. The van der Waals surface area contributed by atoms with Crippen molar-refractivity contribution in [3.05, 3.63) is 64.3 Å². The molecule has 0 bridgehead atoms. The van der Waals surface area contributed by atoms with E-state index in [0.717, 1.165) is 27.7 Å². The first kappa shape index (κ1) is 21.2. The summed E-state index contributed by atoms with van der Waals surface area (Å²) in [5, 5.41) is 10.9. The molecule has 0 aliphatic carbocycles. The minimum atomic E-state index is -0.915. The number of carbonyl (C=O) groups is 2. The molecular formula is C23H23ClN2O5. The molecule has 7 nitrogen and oxygen atoms in total. The minimum Gasteiger partial charge on any atom is -0.481 e. The van der Waals surface area contributed by atoms with Gasteiger partial charge in [-0.1, -0.05) is 23.7 Å². The first-order valence-corrected chi connectivity index (χ1v) is 10.5. The Bertz CT molecular complexity index is 1100. The fourth-order valence-corrected chi connectivity index (χ4v) is 4.19. The number of aliphatic hydroxyl groups is 1. The van der Waals surface area contributed by atoms with Crippen LogP contribution >= 0.6 is 11.6 Å². The lowest BCUT2D eigenvalue weighted by molar-refractivity contribution is -0.115. The Labute approximate surface area is 184 Å². The number of H-pyrrole nitrogens is 1. The maximum atomic E-state index is 12.7. The van der Waals surface area contributed by atoms with Gasteiger partial charge in [-0.3, -0.25) is 9.69 Å². The van der Waals surface area contributed by atoms with Crippen LogP contribution in [0.25, 0.3) is 10.9 Å². The molecule has 4 rings (SSSR count). The van der Waals surface area contributed by atoms with Crippen LogP contribution in [0.2, 0.25) is 5.02 Å². The quantitative estimate of drug-likeness (QED) is 0.565. The molecule has 1 aliphatic heterocycles. The Balaban J connectivity index is 1.75. The maximum Gasteiger partial charge on any atom is 0.410 e. The second-order valence-electron chi connectivity index (χ2n) is 7.30. The van der Waals surface area contributed by atoms with Crippen molar-refractivity contribution in [3.63, 3.8) is 0 Å². The number of hydrogen-bond acceptors (Lipinski definition) is 5. The summed E-state index contributed by atoms with van der Waals surface area (Å²) in [4.78, 5) is 28.8. The lowest BCUT2D eigenvalue weighted by atomic mass is 9.92. The molecule has 0 fully saturated rings. The first-order chi connectivity index (χ1) is 15.0. The fourth-order valence-electron chi connectivity index (χ4n) is 4.02. The number of amides is 1. The number of hydrogen-bond donors (Lipinski definition) is 2. The number of aliphatic hydroxyl groups excluding tert-OH is 1. The highest BCUT2D eigenvalue weighted by Gasteiger charge is 2.35. The molecule has 2 atom stereocenters. The normalized spacial score (nSPS) is 16.6. The number of carbonyl (C=O) groups excluding carboxylic acids is 2. The highest BCUT2D eigenvalue weighted by Crippen LogP contribution is 2.39. The van der Waals surface area contributed by atoms with E-state index in [4.69, 9.17) is 26.2 Å². The minimum absolute atomic E-state index is 0.290. The number of rotatable bonds is 6. The Morgan fingerprint density at radius 1 is 1.32 bits per heavy atom. The molecule has 3 aromatic rings. The molecule has 1 aromatic heterocycles. The van der Waals surface area contributed by atoms with Crippen LogP contribution in [0.1, 0.15) is 29.8 Å². The molecule has 0 saturated heterocycles. The summed E-state index contributed by atoms with van der Waals surface area (Å²) in [5.41, 5.74) is 3.88. The van der Waals surface area contributed by atoms with Crippen molar-refractivity contribution in [3.8, 4) is 5.75 Å². The number of aldehydes is 1. The molecule has 1 amide bonds. The molecular weight excluding hydrogens is 420 g/mol. The van der Waals surface area contributed by atoms with Crippen LogP contribution < -0.4 is 4.74 Å². The summed E-state index contributed by atoms with van der Waals surface area (Å²) in [6.07, 6.45) is -0.0542. The van der Waals surface area contributed by atoms with Crippen molar-refractivity contribution in [2.45, 2.75) is 25.5 Å². The average molecular weight is 443 g/mol. The predicted octanol–water partition coefficient (Wildman–Crippen LogP) is 3.86. The highest BCUT2D eigenvalue weighted by molar-refractivity contribution is 6.31. The van der Waals surface area contributed by atoms with Crippen molar-refractivity contribution in [1.29, 1.82) is 0 Å². The first-order valence-electron chi connectivity index (χ1n) is 10.1. The summed E-state index contributed by atoms with van der Waals surface area (Å²) >= 11 is 6.22. The van der Waals surface area contributed by atoms with Gasteiger partial charge >= 0.3 is 6.09 Å². The number of fused-ring (bicyclic) bond motifs is 3. The van der Waals surface area contributed by atoms with E-state index in [-0.39, 0.29) is 18.7 Å². The van der Waals surface area contributed by atoms with Crippen LogP contribution in [0.15, 0.2) is 42.5 Å². The zero-order chi connectivity index (χ0) is 22.0. The summed E-state index contributed by atoms with van der Waals surface area (Å²) in [6.45, 7) is 2.18. The molecule has 0 radical (unpaired) electrons. The summed E-state index contributed by atoms with van der Waals surface area (Å²) < 4.78 is 10.8. The van der Waals surface area contributed by atoms with Crippen molar-refractivity contribution in [2.75, 3.05) is 19.8 Å². The number of nitrogens with one attached hydrogen (secondary N) is 1. The van der Waals surface area contributed by atoms with Crippen LogP contribution in [-0.2, 0) is 16.0 Å². The zero-order valence-electron chi connectivity index (χ0n) is 17.0. The number of halogens is 1. The van der Waals surface area contributed by atoms with Crippen molar-refractivity contribution >= 4 is 34.9 Å². The van der Waals surface area contributed by atoms with E-state index in [0.29, 0.717) is 30.0 Å². The van der Waals surface area contributed by atoms with Crippen molar-refractivity contribution in [2.24, 2.45) is 0 Å². The number of nitrogens with zero attached hydrogens (tertiary/aromatic N) is 1. The van der Waals surface area contributed by atoms with Gasteiger partial charge in [-0.2, -0.15) is 0 Å². The Kier molecular flexibility index (Phi) is 6.15. The van der Waals surface area contributed by atoms with Crippen LogP contribution in [0, 0.1) is 0 Å². The number of aromatic nitrogens is 1. The molecule has 2 aromatic carbocycles. The van der Waals surface area contributed by atoms with E-state index in [9.17, 15) is 9.59 Å². The third kappa shape index (κ3) is 4.11. The van der Waals surface area contributed by atoms with Gasteiger partial charge in [0.25, 0.3) is 0 Å². The molecule has 1 aliphatic rings. The molecule has 162 valence electrons. The van der Waals surface area contributed by atoms with Crippen LogP contribution in [0.4, 0.5) is 4.79 Å². The summed E-state index contributed by atoms with van der Waals surface area (Å²) in [7, 11) is 0. The van der Waals surface area contributed by atoms with Crippen LogP contribution in [0.5, 0.6) is 5.75 Å². The van der Waals surface area contributed by atoms with Crippen molar-refractivity contribution in [1.82, 2.24) is 9.88 Å². The third-order valence-corrected chi connectivity index (χ3v) is 5.64. The third-order valence-electron chi connectivity index (χ3n) is 5.41.